The Morgan fingerprint density at radius 2 is 1.02 bits per heavy atom. The van der Waals surface area contributed by atoms with Crippen LogP contribution < -0.4 is 0 Å². The lowest BCUT2D eigenvalue weighted by Crippen LogP contribution is -2.59. The zero-order valence-corrected chi connectivity index (χ0v) is 32.5. The predicted octanol–water partition coefficient (Wildman–Crippen LogP) is 6.50. The molecule has 0 bridgehead atoms. The van der Waals surface area contributed by atoms with Gasteiger partial charge in [0.25, 0.3) is 0 Å². The Bertz CT molecular complexity index is 1470. The van der Waals surface area contributed by atoms with Gasteiger partial charge in [0.15, 0.2) is 5.78 Å². The summed E-state index contributed by atoms with van der Waals surface area (Å²) < 4.78 is 11.5. The Balaban J connectivity index is 1.58. The molecule has 2 saturated heterocycles. The first-order valence-electron chi connectivity index (χ1n) is 19.7. The van der Waals surface area contributed by atoms with Crippen LogP contribution in [-0.2, 0) is 27.1 Å². The van der Waals surface area contributed by atoms with Crippen molar-refractivity contribution in [2.45, 2.75) is 51.6 Å². The fraction of sp³-hybridized carbons (Fsp3) is 0.533. The van der Waals surface area contributed by atoms with E-state index in [1.54, 1.807) is 0 Å². The van der Waals surface area contributed by atoms with Crippen LogP contribution in [0.25, 0.3) is 0 Å². The summed E-state index contributed by atoms with van der Waals surface area (Å²) in [4.78, 5) is 26.4. The third-order valence-corrected chi connectivity index (χ3v) is 12.3. The van der Waals surface area contributed by atoms with Crippen LogP contribution in [-0.4, -0.2) is 118 Å². The molecule has 0 aromatic heterocycles. The predicted molar refractivity (Wildman–Crippen MR) is 212 cm³/mol. The zero-order chi connectivity index (χ0) is 36.7. The molecule has 0 spiro atoms. The lowest BCUT2D eigenvalue weighted by molar-refractivity contribution is -0.140. The van der Waals surface area contributed by atoms with E-state index in [1.807, 2.05) is 0 Å². The molecule has 2 heterocycles. The maximum Gasteiger partial charge on any atom is 0.154 e. The van der Waals surface area contributed by atoms with Crippen molar-refractivity contribution in [3.63, 3.8) is 0 Å². The molecular weight excluding hydrogens is 645 g/mol. The minimum Gasteiger partial charge on any atom is -0.378 e. The molecule has 7 heteroatoms. The highest BCUT2D eigenvalue weighted by atomic mass is 16.5. The first-order valence-corrected chi connectivity index (χ1v) is 19.7. The SMILES string of the molecule is CCC(C1C=C(N2CCOCC2)C=CC1(Cc1ccccc1)C(=O)C1(Cc2ccccc2)C=CC(N2CCOCC2)=CC1C(CC)N(C)C)N(C)C. The Hall–Kier alpha value is -3.49. The van der Waals surface area contributed by atoms with E-state index < -0.39 is 10.8 Å². The van der Waals surface area contributed by atoms with Crippen LogP contribution >= 0.6 is 0 Å². The summed E-state index contributed by atoms with van der Waals surface area (Å²) in [7, 11) is 8.75. The van der Waals surface area contributed by atoms with E-state index in [4.69, 9.17) is 9.47 Å². The molecule has 280 valence electrons. The second-order valence-corrected chi connectivity index (χ2v) is 15.7. The van der Waals surface area contributed by atoms with E-state index in [2.05, 4.69) is 159 Å². The van der Waals surface area contributed by atoms with Crippen LogP contribution in [0, 0.1) is 22.7 Å². The summed E-state index contributed by atoms with van der Waals surface area (Å²) in [5.41, 5.74) is 3.22. The van der Waals surface area contributed by atoms with E-state index in [0.29, 0.717) is 18.6 Å². The summed E-state index contributed by atoms with van der Waals surface area (Å²) in [5.74, 6) is 0.230. The number of benzene rings is 2. The van der Waals surface area contributed by atoms with Crippen LogP contribution in [0.15, 0.2) is 109 Å². The number of ketones is 1. The van der Waals surface area contributed by atoms with Crippen LogP contribution in [0.4, 0.5) is 0 Å². The van der Waals surface area contributed by atoms with Crippen molar-refractivity contribution in [2.75, 3.05) is 80.8 Å². The molecule has 6 rings (SSSR count). The summed E-state index contributed by atoms with van der Waals surface area (Å²) in [6.45, 7) is 10.9. The van der Waals surface area contributed by atoms with Gasteiger partial charge in [0.05, 0.1) is 37.3 Å². The van der Waals surface area contributed by atoms with E-state index >= 15 is 4.79 Å². The molecule has 6 atom stereocenters. The lowest BCUT2D eigenvalue weighted by atomic mass is 9.52. The highest BCUT2D eigenvalue weighted by Gasteiger charge is 2.58. The van der Waals surface area contributed by atoms with Gasteiger partial charge in [0.2, 0.25) is 0 Å². The average Bonchev–Trinajstić information content (AvgIpc) is 3.17. The van der Waals surface area contributed by atoms with Crippen molar-refractivity contribution in [2.24, 2.45) is 22.7 Å². The number of carbonyl (C=O) groups excluding carboxylic acids is 1. The molecule has 2 aromatic carbocycles. The molecular formula is C45H62N4O3. The van der Waals surface area contributed by atoms with Crippen molar-refractivity contribution < 1.29 is 14.3 Å². The minimum absolute atomic E-state index is 0.0474. The molecule has 2 aromatic rings. The largest absolute Gasteiger partial charge is 0.378 e. The van der Waals surface area contributed by atoms with Crippen molar-refractivity contribution in [3.05, 3.63) is 120 Å². The number of Topliss-reactive ketones (excluding diaryl/α,β-unsaturated/α-hetero) is 1. The van der Waals surface area contributed by atoms with Gasteiger partial charge in [0, 0.05) is 61.5 Å². The maximum atomic E-state index is 16.8. The molecule has 0 saturated carbocycles. The number of rotatable bonds is 14. The number of allylic oxidation sites excluding steroid dienone is 4. The highest BCUT2D eigenvalue weighted by molar-refractivity contribution is 5.96. The minimum atomic E-state index is -0.797. The van der Waals surface area contributed by atoms with E-state index in [-0.39, 0.29) is 23.9 Å². The molecule has 0 radical (unpaired) electrons. The Morgan fingerprint density at radius 1 is 0.654 bits per heavy atom. The molecule has 4 aliphatic rings. The second kappa shape index (κ2) is 17.1. The fourth-order valence-electron chi connectivity index (χ4n) is 9.59. The van der Waals surface area contributed by atoms with Crippen LogP contribution in [0.1, 0.15) is 37.8 Å². The molecule has 2 aliphatic heterocycles. The number of nitrogens with zero attached hydrogens (tertiary/aromatic N) is 4. The summed E-state index contributed by atoms with van der Waals surface area (Å²) >= 11 is 0. The average molecular weight is 707 g/mol. The summed E-state index contributed by atoms with van der Waals surface area (Å²) in [6.07, 6.45) is 17.3. The third-order valence-electron chi connectivity index (χ3n) is 12.3. The van der Waals surface area contributed by atoms with Crippen LogP contribution in [0.3, 0.4) is 0 Å². The van der Waals surface area contributed by atoms with Gasteiger partial charge in [-0.25, -0.2) is 0 Å². The second-order valence-electron chi connectivity index (χ2n) is 15.7. The lowest BCUT2D eigenvalue weighted by Gasteiger charge is -2.53. The Labute approximate surface area is 313 Å². The summed E-state index contributed by atoms with van der Waals surface area (Å²) in [5, 5.41) is 0. The molecule has 2 aliphatic carbocycles. The van der Waals surface area contributed by atoms with Gasteiger partial charge in [-0.1, -0.05) is 98.8 Å². The molecule has 6 unspecified atom stereocenters. The van der Waals surface area contributed by atoms with E-state index in [0.717, 1.165) is 65.4 Å². The number of morpholine rings is 2. The van der Waals surface area contributed by atoms with Gasteiger partial charge >= 0.3 is 0 Å². The molecule has 7 nitrogen and oxygen atoms in total. The van der Waals surface area contributed by atoms with Gasteiger partial charge in [-0.3, -0.25) is 4.79 Å². The van der Waals surface area contributed by atoms with Gasteiger partial charge in [-0.2, -0.15) is 0 Å². The van der Waals surface area contributed by atoms with Crippen LogP contribution in [0.2, 0.25) is 0 Å². The first-order chi connectivity index (χ1) is 25.2. The van der Waals surface area contributed by atoms with Gasteiger partial charge < -0.3 is 29.1 Å². The molecule has 2 fully saturated rings. The standard InChI is InChI=1S/C45H62N4O3/c1-7-41(46(3)4)39-31-37(48-23-27-51-28-24-48)19-21-44(39,33-35-15-11-9-12-16-35)43(50)45(34-36-17-13-10-14-18-36)22-20-38(49-25-29-52-30-26-49)32-40(45)42(8-2)47(5)6/h9-22,31-32,39-42H,7-8,23-30,33-34H2,1-6H3. The number of carbonyl (C=O) groups is 1. The molecule has 0 N–H and O–H groups in total. The number of hydrogen-bond acceptors (Lipinski definition) is 7. The molecule has 52 heavy (non-hydrogen) atoms. The Kier molecular flexibility index (Phi) is 12.6. The van der Waals surface area contributed by atoms with E-state index in [1.165, 1.54) is 22.5 Å². The normalized spacial score (nSPS) is 27.8. The first kappa shape index (κ1) is 38.2. The maximum absolute atomic E-state index is 16.8. The fourth-order valence-corrected chi connectivity index (χ4v) is 9.59. The van der Waals surface area contributed by atoms with Gasteiger partial charge in [-0.05, 0) is 77.2 Å². The van der Waals surface area contributed by atoms with Gasteiger partial charge in [0.1, 0.15) is 0 Å². The highest BCUT2D eigenvalue weighted by Crippen LogP contribution is 2.53. The van der Waals surface area contributed by atoms with Crippen molar-refractivity contribution in [1.29, 1.82) is 0 Å². The summed E-state index contributed by atoms with van der Waals surface area (Å²) in [6, 6.07) is 21.8. The smallest absolute Gasteiger partial charge is 0.154 e. The zero-order valence-electron chi connectivity index (χ0n) is 32.5. The Morgan fingerprint density at radius 3 is 1.35 bits per heavy atom. The van der Waals surface area contributed by atoms with Crippen molar-refractivity contribution in [3.8, 4) is 0 Å². The molecule has 0 amide bonds. The topological polar surface area (TPSA) is 48.5 Å². The van der Waals surface area contributed by atoms with Gasteiger partial charge in [-0.15, -0.1) is 0 Å². The van der Waals surface area contributed by atoms with E-state index in [9.17, 15) is 0 Å². The number of ether oxygens (including phenoxy) is 2. The van der Waals surface area contributed by atoms with Crippen molar-refractivity contribution >= 4 is 5.78 Å². The van der Waals surface area contributed by atoms with Crippen LogP contribution in [0.5, 0.6) is 0 Å². The number of hydrogen-bond donors (Lipinski definition) is 0. The quantitative estimate of drug-likeness (QED) is 0.223. The third kappa shape index (κ3) is 7.89. The monoisotopic (exact) mass is 706 g/mol. The van der Waals surface area contributed by atoms with Crippen molar-refractivity contribution in [1.82, 2.24) is 19.6 Å².